The number of nitrogens with one attached hydrogen (secondary N) is 1. The smallest absolute Gasteiger partial charge is 0.232 e. The molecule has 5 rings (SSSR count). The van der Waals surface area contributed by atoms with Crippen molar-refractivity contribution in [3.05, 3.63) is 136 Å². The molecule has 5 aromatic rings. The van der Waals surface area contributed by atoms with Gasteiger partial charge in [0.25, 0.3) is 0 Å². The summed E-state index contributed by atoms with van der Waals surface area (Å²) in [4.78, 5) is 24.8. The number of rotatable bonds is 8. The number of amides is 1. The van der Waals surface area contributed by atoms with Crippen LogP contribution in [0.15, 0.2) is 109 Å². The van der Waals surface area contributed by atoms with Crippen LogP contribution < -0.4 is 5.32 Å². The Morgan fingerprint density at radius 3 is 2.07 bits per heavy atom. The quantitative estimate of drug-likeness (QED) is 0.132. The number of aldehydes is 1. The second-order valence-corrected chi connectivity index (χ2v) is 10.4. The maximum Gasteiger partial charge on any atom is 0.232 e. The van der Waals surface area contributed by atoms with Gasteiger partial charge in [-0.15, -0.1) is 0 Å². The van der Waals surface area contributed by atoms with Gasteiger partial charge in [-0.05, 0) is 88.7 Å². The van der Waals surface area contributed by atoms with Gasteiger partial charge in [-0.1, -0.05) is 84.4 Å². The fourth-order valence-electron chi connectivity index (χ4n) is 4.85. The van der Waals surface area contributed by atoms with Crippen LogP contribution in [0, 0.1) is 6.92 Å². The second kappa shape index (κ2) is 12.1. The topological polar surface area (TPSA) is 86.6 Å². The first-order valence-corrected chi connectivity index (χ1v) is 13.5. The lowest BCUT2D eigenvalue weighted by Gasteiger charge is -2.19. The Morgan fingerprint density at radius 1 is 0.780 bits per heavy atom. The summed E-state index contributed by atoms with van der Waals surface area (Å²) in [5.74, 6) is -1.04. The third kappa shape index (κ3) is 6.48. The number of aryl methyl sites for hydroxylation is 1. The number of aromatic hydroxyl groups is 2. The molecular weight excluding hydrogens is 534 g/mol. The number of hydrogen-bond acceptors (Lipinski definition) is 4. The van der Waals surface area contributed by atoms with Crippen LogP contribution in [0.25, 0.3) is 22.3 Å². The van der Waals surface area contributed by atoms with Crippen LogP contribution in [0.5, 0.6) is 11.5 Å². The number of carbonyl (C=O) groups is 2. The Balaban J connectivity index is 1.40. The highest BCUT2D eigenvalue weighted by molar-refractivity contribution is 6.30. The predicted octanol–water partition coefficient (Wildman–Crippen LogP) is 8.17. The van der Waals surface area contributed by atoms with Gasteiger partial charge in [0, 0.05) is 16.3 Å². The zero-order valence-corrected chi connectivity index (χ0v) is 23.1. The molecule has 0 aliphatic heterocycles. The minimum Gasteiger partial charge on any atom is -0.504 e. The van der Waals surface area contributed by atoms with Crippen LogP contribution in [-0.4, -0.2) is 22.4 Å². The molecule has 0 spiro atoms. The van der Waals surface area contributed by atoms with Crippen molar-refractivity contribution in [2.24, 2.45) is 0 Å². The first kappa shape index (κ1) is 27.7. The summed E-state index contributed by atoms with van der Waals surface area (Å²) in [6.45, 7) is 2.01. The van der Waals surface area contributed by atoms with E-state index >= 15 is 0 Å². The van der Waals surface area contributed by atoms with Gasteiger partial charge >= 0.3 is 0 Å². The Kier molecular flexibility index (Phi) is 8.18. The molecule has 0 aliphatic carbocycles. The lowest BCUT2D eigenvalue weighted by molar-refractivity contribution is -0.117. The molecule has 1 unspecified atom stereocenters. The molecule has 0 saturated heterocycles. The van der Waals surface area contributed by atoms with Crippen LogP contribution in [0.1, 0.15) is 33.0 Å². The molecule has 5 aromatic carbocycles. The van der Waals surface area contributed by atoms with Crippen molar-refractivity contribution in [3.63, 3.8) is 0 Å². The Labute approximate surface area is 243 Å². The number of carbonyl (C=O) groups excluding carboxylic acids is 2. The van der Waals surface area contributed by atoms with E-state index in [4.69, 9.17) is 11.6 Å². The highest BCUT2D eigenvalue weighted by Gasteiger charge is 2.22. The molecule has 204 valence electrons. The average molecular weight is 562 g/mol. The Bertz CT molecular complexity index is 1690. The van der Waals surface area contributed by atoms with Crippen LogP contribution in [0.3, 0.4) is 0 Å². The molecule has 0 fully saturated rings. The van der Waals surface area contributed by atoms with E-state index < -0.39 is 5.92 Å². The van der Waals surface area contributed by atoms with E-state index in [2.05, 4.69) is 5.32 Å². The lowest BCUT2D eigenvalue weighted by Crippen LogP contribution is -2.23. The monoisotopic (exact) mass is 561 g/mol. The minimum atomic E-state index is -0.502. The standard InChI is InChI=1S/C35H28ClNO4/c1-22-18-29(36)13-16-31(22)26-10-14-30(15-11-26)37-35(41)32(19-23-2-4-24(21-38)5-3-23)27-8-6-25(7-9-27)28-12-17-33(39)34(40)20-28/h2-18,20-21,32,39-40H,19H2,1H3,(H,37,41). The van der Waals surface area contributed by atoms with Gasteiger partial charge in [-0.3, -0.25) is 9.59 Å². The number of benzene rings is 5. The molecular formula is C35H28ClNO4. The maximum atomic E-state index is 13.7. The van der Waals surface area contributed by atoms with Crippen molar-refractivity contribution in [2.75, 3.05) is 5.32 Å². The third-order valence-corrected chi connectivity index (χ3v) is 7.38. The van der Waals surface area contributed by atoms with Gasteiger partial charge in [0.2, 0.25) is 5.91 Å². The van der Waals surface area contributed by atoms with Gasteiger partial charge in [0.15, 0.2) is 11.5 Å². The average Bonchev–Trinajstić information content (AvgIpc) is 2.98. The van der Waals surface area contributed by atoms with Crippen LogP contribution in [0.2, 0.25) is 5.02 Å². The molecule has 0 saturated carbocycles. The van der Waals surface area contributed by atoms with Crippen molar-refractivity contribution < 1.29 is 19.8 Å². The van der Waals surface area contributed by atoms with E-state index in [-0.39, 0.29) is 17.4 Å². The molecule has 1 atom stereocenters. The predicted molar refractivity (Wildman–Crippen MR) is 164 cm³/mol. The van der Waals surface area contributed by atoms with E-state index in [1.54, 1.807) is 18.2 Å². The van der Waals surface area contributed by atoms with E-state index in [9.17, 15) is 19.8 Å². The van der Waals surface area contributed by atoms with Crippen molar-refractivity contribution in [1.29, 1.82) is 0 Å². The van der Waals surface area contributed by atoms with Gasteiger partial charge in [-0.2, -0.15) is 0 Å². The van der Waals surface area contributed by atoms with Gasteiger partial charge in [0.1, 0.15) is 6.29 Å². The first-order chi connectivity index (χ1) is 19.8. The number of hydrogen-bond donors (Lipinski definition) is 3. The fraction of sp³-hybridized carbons (Fsp3) is 0.0857. The van der Waals surface area contributed by atoms with E-state index in [1.165, 1.54) is 12.1 Å². The highest BCUT2D eigenvalue weighted by atomic mass is 35.5. The molecule has 1 amide bonds. The number of phenolic OH excluding ortho intramolecular Hbond substituents is 2. The summed E-state index contributed by atoms with van der Waals surface area (Å²) in [6, 6.07) is 32.9. The second-order valence-electron chi connectivity index (χ2n) is 9.97. The van der Waals surface area contributed by atoms with Crippen molar-refractivity contribution in [3.8, 4) is 33.8 Å². The number of phenols is 2. The van der Waals surface area contributed by atoms with Gasteiger partial charge < -0.3 is 15.5 Å². The van der Waals surface area contributed by atoms with Crippen molar-refractivity contribution >= 4 is 29.5 Å². The summed E-state index contributed by atoms with van der Waals surface area (Å²) < 4.78 is 0. The van der Waals surface area contributed by atoms with Crippen molar-refractivity contribution in [1.82, 2.24) is 0 Å². The number of halogens is 1. The van der Waals surface area contributed by atoms with Crippen LogP contribution in [-0.2, 0) is 11.2 Å². The van der Waals surface area contributed by atoms with E-state index in [1.807, 2.05) is 85.8 Å². The zero-order valence-electron chi connectivity index (χ0n) is 22.3. The molecule has 5 nitrogen and oxygen atoms in total. The first-order valence-electron chi connectivity index (χ1n) is 13.1. The lowest BCUT2D eigenvalue weighted by atomic mass is 9.89. The SMILES string of the molecule is Cc1cc(Cl)ccc1-c1ccc(NC(=O)C(Cc2ccc(C=O)cc2)c2ccc(-c3ccc(O)c(O)c3)cc2)cc1. The molecule has 0 heterocycles. The summed E-state index contributed by atoms with van der Waals surface area (Å²) in [5, 5.41) is 23.3. The molecule has 0 radical (unpaired) electrons. The molecule has 41 heavy (non-hydrogen) atoms. The summed E-state index contributed by atoms with van der Waals surface area (Å²) >= 11 is 6.11. The minimum absolute atomic E-state index is 0.157. The molecule has 0 aliphatic rings. The zero-order chi connectivity index (χ0) is 28.9. The maximum absolute atomic E-state index is 13.7. The van der Waals surface area contributed by atoms with Gasteiger partial charge in [0.05, 0.1) is 5.92 Å². The molecule has 0 bridgehead atoms. The van der Waals surface area contributed by atoms with Crippen LogP contribution >= 0.6 is 11.6 Å². The molecule has 3 N–H and O–H groups in total. The van der Waals surface area contributed by atoms with E-state index in [0.29, 0.717) is 22.7 Å². The highest BCUT2D eigenvalue weighted by Crippen LogP contribution is 2.32. The Morgan fingerprint density at radius 2 is 1.44 bits per heavy atom. The van der Waals surface area contributed by atoms with Crippen LogP contribution in [0.4, 0.5) is 5.69 Å². The molecule has 6 heteroatoms. The normalized spacial score (nSPS) is 11.6. The van der Waals surface area contributed by atoms with Crippen molar-refractivity contribution in [2.45, 2.75) is 19.3 Å². The van der Waals surface area contributed by atoms with E-state index in [0.717, 1.165) is 45.2 Å². The van der Waals surface area contributed by atoms with Gasteiger partial charge in [-0.25, -0.2) is 0 Å². The number of anilines is 1. The summed E-state index contributed by atoms with van der Waals surface area (Å²) in [6.07, 6.45) is 1.23. The Hall–Kier alpha value is -4.87. The summed E-state index contributed by atoms with van der Waals surface area (Å²) in [5.41, 5.74) is 7.76. The molecule has 0 aromatic heterocycles. The largest absolute Gasteiger partial charge is 0.504 e. The summed E-state index contributed by atoms with van der Waals surface area (Å²) in [7, 11) is 0. The fourth-order valence-corrected chi connectivity index (χ4v) is 5.08. The third-order valence-electron chi connectivity index (χ3n) is 7.15.